The van der Waals surface area contributed by atoms with E-state index < -0.39 is 0 Å². The van der Waals surface area contributed by atoms with Crippen molar-refractivity contribution in [1.29, 1.82) is 0 Å². The number of likely N-dealkylation sites (tertiary alicyclic amines) is 1. The summed E-state index contributed by atoms with van der Waals surface area (Å²) in [6.07, 6.45) is 2.30. The summed E-state index contributed by atoms with van der Waals surface area (Å²) in [4.78, 5) is 2.46. The number of nitrogens with two attached hydrogens (primary N) is 1. The van der Waals surface area contributed by atoms with Gasteiger partial charge in [-0.05, 0) is 18.9 Å². The van der Waals surface area contributed by atoms with E-state index in [4.69, 9.17) is 15.2 Å². The summed E-state index contributed by atoms with van der Waals surface area (Å²) in [7, 11) is 1.70. The van der Waals surface area contributed by atoms with Gasteiger partial charge in [0.25, 0.3) is 0 Å². The highest BCUT2D eigenvalue weighted by Crippen LogP contribution is 2.17. The summed E-state index contributed by atoms with van der Waals surface area (Å²) >= 11 is 0. The Kier molecular flexibility index (Phi) is 6.96. The van der Waals surface area contributed by atoms with E-state index in [2.05, 4.69) is 11.8 Å². The summed E-state index contributed by atoms with van der Waals surface area (Å²) < 4.78 is 10.4. The predicted octanol–water partition coefficient (Wildman–Crippen LogP) is 0.709. The van der Waals surface area contributed by atoms with Crippen LogP contribution < -0.4 is 5.73 Å². The fourth-order valence-electron chi connectivity index (χ4n) is 2.20. The molecule has 1 heterocycles. The molecule has 0 aliphatic carbocycles. The first-order chi connectivity index (χ1) is 7.77. The average molecular weight is 230 g/mol. The minimum Gasteiger partial charge on any atom is -0.382 e. The molecule has 2 unspecified atom stereocenters. The Morgan fingerprint density at radius 3 is 2.81 bits per heavy atom. The Hall–Kier alpha value is -0.160. The molecule has 96 valence electrons. The molecule has 1 aliphatic rings. The number of ether oxygens (including phenoxy) is 2. The number of methoxy groups -OCH3 is 1. The van der Waals surface area contributed by atoms with Crippen LogP contribution in [0.2, 0.25) is 0 Å². The van der Waals surface area contributed by atoms with Gasteiger partial charge in [-0.3, -0.25) is 0 Å². The first kappa shape index (κ1) is 13.9. The standard InChI is InChI=1S/C12H26N2O2/c1-3-11-10-14(5-4-12(11)13)6-7-16-9-8-15-2/h11-12H,3-10,13H2,1-2H3. The Labute approximate surface area is 99.1 Å². The number of hydrogen-bond acceptors (Lipinski definition) is 4. The number of piperidine rings is 1. The smallest absolute Gasteiger partial charge is 0.0700 e. The first-order valence-corrected chi connectivity index (χ1v) is 6.32. The van der Waals surface area contributed by atoms with Gasteiger partial charge >= 0.3 is 0 Å². The van der Waals surface area contributed by atoms with E-state index in [1.165, 1.54) is 6.42 Å². The van der Waals surface area contributed by atoms with Crippen LogP contribution >= 0.6 is 0 Å². The molecule has 1 rings (SSSR count). The first-order valence-electron chi connectivity index (χ1n) is 6.32. The molecule has 0 radical (unpaired) electrons. The molecular formula is C12H26N2O2. The van der Waals surface area contributed by atoms with Gasteiger partial charge in [-0.25, -0.2) is 0 Å². The van der Waals surface area contributed by atoms with Crippen molar-refractivity contribution in [3.8, 4) is 0 Å². The molecule has 0 aromatic heterocycles. The molecule has 0 aromatic carbocycles. The maximum absolute atomic E-state index is 6.07. The minimum atomic E-state index is 0.399. The van der Waals surface area contributed by atoms with E-state index in [1.807, 2.05) is 0 Å². The van der Waals surface area contributed by atoms with Crippen molar-refractivity contribution in [2.75, 3.05) is 46.6 Å². The Morgan fingerprint density at radius 1 is 1.31 bits per heavy atom. The van der Waals surface area contributed by atoms with Crippen LogP contribution in [-0.2, 0) is 9.47 Å². The lowest BCUT2D eigenvalue weighted by atomic mass is 9.91. The third-order valence-electron chi connectivity index (χ3n) is 3.38. The van der Waals surface area contributed by atoms with Gasteiger partial charge in [0.1, 0.15) is 0 Å². The lowest BCUT2D eigenvalue weighted by Crippen LogP contribution is -2.47. The van der Waals surface area contributed by atoms with Crippen LogP contribution in [-0.4, -0.2) is 57.5 Å². The zero-order valence-electron chi connectivity index (χ0n) is 10.7. The van der Waals surface area contributed by atoms with Crippen LogP contribution in [0, 0.1) is 5.92 Å². The summed E-state index contributed by atoms with van der Waals surface area (Å²) in [6.45, 7) is 7.67. The van der Waals surface area contributed by atoms with Crippen molar-refractivity contribution in [3.05, 3.63) is 0 Å². The van der Waals surface area contributed by atoms with Gasteiger partial charge < -0.3 is 20.1 Å². The second-order valence-electron chi connectivity index (χ2n) is 4.53. The summed E-state index contributed by atoms with van der Waals surface area (Å²) in [5.74, 6) is 0.660. The Balaban J connectivity index is 2.08. The summed E-state index contributed by atoms with van der Waals surface area (Å²) in [5, 5.41) is 0. The van der Waals surface area contributed by atoms with Gasteiger partial charge in [0.2, 0.25) is 0 Å². The monoisotopic (exact) mass is 230 g/mol. The third kappa shape index (κ3) is 4.78. The van der Waals surface area contributed by atoms with Gasteiger partial charge in [-0.2, -0.15) is 0 Å². The van der Waals surface area contributed by atoms with E-state index in [0.717, 1.165) is 32.7 Å². The molecule has 0 bridgehead atoms. The largest absolute Gasteiger partial charge is 0.382 e. The van der Waals surface area contributed by atoms with Crippen LogP contribution in [0.15, 0.2) is 0 Å². The number of rotatable bonds is 7. The van der Waals surface area contributed by atoms with Crippen molar-refractivity contribution < 1.29 is 9.47 Å². The van der Waals surface area contributed by atoms with Gasteiger partial charge in [0, 0.05) is 26.2 Å². The molecule has 1 saturated heterocycles. The van der Waals surface area contributed by atoms with Crippen LogP contribution in [0.1, 0.15) is 19.8 Å². The highest BCUT2D eigenvalue weighted by atomic mass is 16.5. The third-order valence-corrected chi connectivity index (χ3v) is 3.38. The lowest BCUT2D eigenvalue weighted by molar-refractivity contribution is 0.0469. The molecule has 0 amide bonds. The normalized spacial score (nSPS) is 27.2. The van der Waals surface area contributed by atoms with Crippen molar-refractivity contribution in [1.82, 2.24) is 4.90 Å². The van der Waals surface area contributed by atoms with Crippen LogP contribution in [0.3, 0.4) is 0 Å². The van der Waals surface area contributed by atoms with Crippen LogP contribution in [0.25, 0.3) is 0 Å². The fraction of sp³-hybridized carbons (Fsp3) is 1.00. The molecule has 1 aliphatic heterocycles. The number of hydrogen-bond donors (Lipinski definition) is 1. The molecule has 0 saturated carbocycles. The van der Waals surface area contributed by atoms with E-state index >= 15 is 0 Å². The molecule has 4 nitrogen and oxygen atoms in total. The topological polar surface area (TPSA) is 47.7 Å². The maximum atomic E-state index is 6.07. The summed E-state index contributed by atoms with van der Waals surface area (Å²) in [6, 6.07) is 0.399. The SMILES string of the molecule is CCC1CN(CCOCCOC)CCC1N. The molecule has 2 atom stereocenters. The number of nitrogens with zero attached hydrogens (tertiary/aromatic N) is 1. The molecular weight excluding hydrogens is 204 g/mol. The average Bonchev–Trinajstić information content (AvgIpc) is 2.31. The van der Waals surface area contributed by atoms with E-state index in [0.29, 0.717) is 25.2 Å². The van der Waals surface area contributed by atoms with Gasteiger partial charge in [-0.15, -0.1) is 0 Å². The quantitative estimate of drug-likeness (QED) is 0.654. The van der Waals surface area contributed by atoms with E-state index in [-0.39, 0.29) is 0 Å². The molecule has 2 N–H and O–H groups in total. The molecule has 16 heavy (non-hydrogen) atoms. The highest BCUT2D eigenvalue weighted by Gasteiger charge is 2.24. The molecule has 0 spiro atoms. The van der Waals surface area contributed by atoms with Gasteiger partial charge in [0.05, 0.1) is 19.8 Å². The Bertz CT molecular complexity index is 178. The van der Waals surface area contributed by atoms with Crippen molar-refractivity contribution in [2.45, 2.75) is 25.8 Å². The minimum absolute atomic E-state index is 0.399. The molecule has 1 fully saturated rings. The molecule has 4 heteroatoms. The summed E-state index contributed by atoms with van der Waals surface area (Å²) in [5.41, 5.74) is 6.07. The zero-order chi connectivity index (χ0) is 11.8. The zero-order valence-corrected chi connectivity index (χ0v) is 10.7. The van der Waals surface area contributed by atoms with Crippen molar-refractivity contribution >= 4 is 0 Å². The lowest BCUT2D eigenvalue weighted by Gasteiger charge is -2.36. The second kappa shape index (κ2) is 8.01. The van der Waals surface area contributed by atoms with E-state index in [1.54, 1.807) is 7.11 Å². The van der Waals surface area contributed by atoms with Gasteiger partial charge in [-0.1, -0.05) is 13.3 Å². The highest BCUT2D eigenvalue weighted by molar-refractivity contribution is 4.81. The van der Waals surface area contributed by atoms with Gasteiger partial charge in [0.15, 0.2) is 0 Å². The predicted molar refractivity (Wildman–Crippen MR) is 65.5 cm³/mol. The van der Waals surface area contributed by atoms with Crippen LogP contribution in [0.4, 0.5) is 0 Å². The second-order valence-corrected chi connectivity index (χ2v) is 4.53. The maximum Gasteiger partial charge on any atom is 0.0700 e. The van der Waals surface area contributed by atoms with Crippen molar-refractivity contribution in [2.24, 2.45) is 11.7 Å². The van der Waals surface area contributed by atoms with Crippen molar-refractivity contribution in [3.63, 3.8) is 0 Å². The van der Waals surface area contributed by atoms with E-state index in [9.17, 15) is 0 Å². The fourth-order valence-corrected chi connectivity index (χ4v) is 2.20. The Morgan fingerprint density at radius 2 is 2.12 bits per heavy atom. The molecule has 0 aromatic rings. The van der Waals surface area contributed by atoms with Crippen LogP contribution in [0.5, 0.6) is 0 Å².